The fraction of sp³-hybridized carbons (Fsp3) is 0.889. The number of amides is 2. The van der Waals surface area contributed by atoms with Crippen LogP contribution in [0.1, 0.15) is 53.4 Å². The molecule has 2 unspecified atom stereocenters. The van der Waals surface area contributed by atoms with Gasteiger partial charge in [0.25, 0.3) is 0 Å². The van der Waals surface area contributed by atoms with Crippen LogP contribution in [0.4, 0.5) is 18.4 Å². The van der Waals surface area contributed by atoms with E-state index in [0.29, 0.717) is 26.0 Å². The van der Waals surface area contributed by atoms with Crippen molar-refractivity contribution in [2.45, 2.75) is 65.5 Å². The molecule has 0 saturated heterocycles. The molecule has 0 heterocycles. The number of alkyl halides is 2. The van der Waals surface area contributed by atoms with Crippen molar-refractivity contribution in [2.24, 2.45) is 10.8 Å². The Morgan fingerprint density at radius 1 is 1.15 bits per heavy atom. The highest BCUT2D eigenvalue weighted by Crippen LogP contribution is 2.45. The molecule has 1 rings (SSSR count). The molecular weight excluding hydrogens is 362 g/mol. The van der Waals surface area contributed by atoms with Crippen LogP contribution >= 0.6 is 0 Å². The van der Waals surface area contributed by atoms with Crippen molar-refractivity contribution in [3.8, 4) is 0 Å². The molecule has 0 spiro atoms. The Labute approximate surface area is 159 Å². The standard InChI is InChI=1S/C18H32F2N2O5/c1-6-7-26-14(23)21-11-17(4)9-13(8-16(2,3)10-17)22-15(24)27-12-18(19,20)25-5/h13H,6-12H2,1-5H3,(H,21,23)(H,22,24). The van der Waals surface area contributed by atoms with Gasteiger partial charge in [-0.1, -0.05) is 27.7 Å². The summed E-state index contributed by atoms with van der Waals surface area (Å²) in [5.74, 6) is 0. The molecule has 2 atom stereocenters. The van der Waals surface area contributed by atoms with Gasteiger partial charge < -0.3 is 24.8 Å². The number of hydrogen-bond donors (Lipinski definition) is 2. The van der Waals surface area contributed by atoms with E-state index in [4.69, 9.17) is 4.74 Å². The first-order chi connectivity index (χ1) is 12.4. The molecule has 1 aliphatic carbocycles. The lowest BCUT2D eigenvalue weighted by atomic mass is 9.62. The number of carbonyl (C=O) groups excluding carboxylic acids is 2. The average Bonchev–Trinajstić information content (AvgIpc) is 2.54. The molecule has 2 amide bonds. The Morgan fingerprint density at radius 3 is 2.41 bits per heavy atom. The van der Waals surface area contributed by atoms with Gasteiger partial charge in [-0.25, -0.2) is 9.59 Å². The first-order valence-corrected chi connectivity index (χ1v) is 9.17. The van der Waals surface area contributed by atoms with Crippen LogP contribution in [0.25, 0.3) is 0 Å². The molecule has 0 bridgehead atoms. The third-order valence-electron chi connectivity index (χ3n) is 4.53. The van der Waals surface area contributed by atoms with E-state index >= 15 is 0 Å². The molecule has 2 N–H and O–H groups in total. The van der Waals surface area contributed by atoms with Crippen LogP contribution in [-0.4, -0.2) is 51.2 Å². The maximum atomic E-state index is 13.0. The minimum atomic E-state index is -3.51. The van der Waals surface area contributed by atoms with Crippen LogP contribution in [0.5, 0.6) is 0 Å². The SMILES string of the molecule is CCCOC(=O)NCC1(C)CC(NC(=O)OCC(F)(F)OC)CC(C)(C)C1. The lowest BCUT2D eigenvalue weighted by Gasteiger charge is -2.46. The first-order valence-electron chi connectivity index (χ1n) is 9.17. The van der Waals surface area contributed by atoms with Crippen LogP contribution < -0.4 is 10.6 Å². The molecule has 0 aliphatic heterocycles. The smallest absolute Gasteiger partial charge is 0.407 e. The van der Waals surface area contributed by atoms with E-state index in [1.807, 2.05) is 13.8 Å². The van der Waals surface area contributed by atoms with E-state index < -0.39 is 24.9 Å². The minimum Gasteiger partial charge on any atom is -0.450 e. The summed E-state index contributed by atoms with van der Waals surface area (Å²) in [5, 5.41) is 5.43. The Hall–Kier alpha value is -1.64. The number of carbonyl (C=O) groups is 2. The third-order valence-corrected chi connectivity index (χ3v) is 4.53. The zero-order chi connectivity index (χ0) is 20.7. The second-order valence-corrected chi connectivity index (χ2v) is 8.31. The van der Waals surface area contributed by atoms with Crippen LogP contribution in [0, 0.1) is 10.8 Å². The van der Waals surface area contributed by atoms with Crippen LogP contribution in [-0.2, 0) is 14.2 Å². The van der Waals surface area contributed by atoms with Crippen LogP contribution in [0.2, 0.25) is 0 Å². The summed E-state index contributed by atoms with van der Waals surface area (Å²) in [6.07, 6.45) is -2.05. The highest BCUT2D eigenvalue weighted by atomic mass is 19.3. The molecule has 1 fully saturated rings. The van der Waals surface area contributed by atoms with E-state index in [1.165, 1.54) is 0 Å². The maximum absolute atomic E-state index is 13.0. The van der Waals surface area contributed by atoms with Crippen molar-refractivity contribution in [2.75, 3.05) is 26.9 Å². The Morgan fingerprint density at radius 2 is 1.81 bits per heavy atom. The Bertz CT molecular complexity index is 516. The van der Waals surface area contributed by atoms with Gasteiger partial charge in [0.1, 0.15) is 0 Å². The van der Waals surface area contributed by atoms with E-state index in [2.05, 4.69) is 34.0 Å². The molecule has 0 aromatic carbocycles. The first kappa shape index (κ1) is 23.4. The normalized spacial score (nSPS) is 24.8. The predicted octanol–water partition coefficient (Wildman–Crippen LogP) is 3.67. The van der Waals surface area contributed by atoms with Gasteiger partial charge in [-0.05, 0) is 36.5 Å². The van der Waals surface area contributed by atoms with E-state index in [0.717, 1.165) is 20.0 Å². The van der Waals surface area contributed by atoms with Gasteiger partial charge in [0.2, 0.25) is 0 Å². The van der Waals surface area contributed by atoms with Crippen LogP contribution in [0.15, 0.2) is 0 Å². The van der Waals surface area contributed by atoms with Crippen molar-refractivity contribution >= 4 is 12.2 Å². The molecule has 27 heavy (non-hydrogen) atoms. The average molecular weight is 394 g/mol. The maximum Gasteiger partial charge on any atom is 0.407 e. The quantitative estimate of drug-likeness (QED) is 0.656. The molecule has 0 aromatic rings. The zero-order valence-electron chi connectivity index (χ0n) is 16.8. The van der Waals surface area contributed by atoms with Gasteiger partial charge in [-0.2, -0.15) is 8.78 Å². The molecule has 0 aromatic heterocycles. The highest BCUT2D eigenvalue weighted by molar-refractivity contribution is 5.68. The summed E-state index contributed by atoms with van der Waals surface area (Å²) in [4.78, 5) is 23.6. The highest BCUT2D eigenvalue weighted by Gasteiger charge is 2.42. The van der Waals surface area contributed by atoms with Crippen molar-refractivity contribution < 1.29 is 32.6 Å². The summed E-state index contributed by atoms with van der Waals surface area (Å²) in [7, 11) is 0.842. The lowest BCUT2D eigenvalue weighted by molar-refractivity contribution is -0.241. The third kappa shape index (κ3) is 8.73. The van der Waals surface area contributed by atoms with Crippen LogP contribution in [0.3, 0.4) is 0 Å². The monoisotopic (exact) mass is 394 g/mol. The largest absolute Gasteiger partial charge is 0.450 e. The molecule has 158 valence electrons. The van der Waals surface area contributed by atoms with Crippen molar-refractivity contribution in [1.82, 2.24) is 10.6 Å². The zero-order valence-corrected chi connectivity index (χ0v) is 16.8. The van der Waals surface area contributed by atoms with Gasteiger partial charge >= 0.3 is 18.3 Å². The van der Waals surface area contributed by atoms with E-state index in [1.54, 1.807) is 0 Å². The second kappa shape index (κ2) is 9.52. The van der Waals surface area contributed by atoms with Gasteiger partial charge in [0.05, 0.1) is 6.61 Å². The van der Waals surface area contributed by atoms with Crippen molar-refractivity contribution in [3.63, 3.8) is 0 Å². The second-order valence-electron chi connectivity index (χ2n) is 8.31. The van der Waals surface area contributed by atoms with Crippen molar-refractivity contribution in [1.29, 1.82) is 0 Å². The fourth-order valence-electron chi connectivity index (χ4n) is 3.82. The number of methoxy groups -OCH3 is 1. The molecule has 7 nitrogen and oxygen atoms in total. The summed E-state index contributed by atoms with van der Waals surface area (Å²) >= 11 is 0. The summed E-state index contributed by atoms with van der Waals surface area (Å²) in [5.41, 5.74) is -0.377. The number of ether oxygens (including phenoxy) is 3. The predicted molar refractivity (Wildman–Crippen MR) is 95.6 cm³/mol. The van der Waals surface area contributed by atoms with Gasteiger partial charge in [0.15, 0.2) is 6.61 Å². The molecule has 1 aliphatic rings. The Kier molecular flexibility index (Phi) is 8.25. The number of halogens is 2. The molecule has 0 radical (unpaired) electrons. The summed E-state index contributed by atoms with van der Waals surface area (Å²) < 4.78 is 39.6. The van der Waals surface area contributed by atoms with Crippen molar-refractivity contribution in [3.05, 3.63) is 0 Å². The summed E-state index contributed by atoms with van der Waals surface area (Å²) in [6, 6.07) is -0.254. The number of nitrogens with one attached hydrogen (secondary N) is 2. The number of alkyl carbamates (subject to hydrolysis) is 2. The van der Waals surface area contributed by atoms with Gasteiger partial charge in [-0.15, -0.1) is 0 Å². The Balaban J connectivity index is 2.61. The number of rotatable bonds is 8. The lowest BCUT2D eigenvalue weighted by Crippen LogP contribution is -2.50. The minimum absolute atomic E-state index is 0.101. The topological polar surface area (TPSA) is 85.9 Å². The van der Waals surface area contributed by atoms with Gasteiger partial charge in [-0.3, -0.25) is 0 Å². The van der Waals surface area contributed by atoms with Gasteiger partial charge in [0, 0.05) is 19.7 Å². The fourth-order valence-corrected chi connectivity index (χ4v) is 3.82. The van der Waals surface area contributed by atoms with E-state index in [-0.39, 0.29) is 16.9 Å². The summed E-state index contributed by atoms with van der Waals surface area (Å²) in [6.45, 7) is 7.68. The molecule has 9 heteroatoms. The molecule has 1 saturated carbocycles. The number of hydrogen-bond acceptors (Lipinski definition) is 5. The van der Waals surface area contributed by atoms with E-state index in [9.17, 15) is 18.4 Å². The molecular formula is C18H32F2N2O5.